The Labute approximate surface area is 150 Å². The largest absolute Gasteiger partial charge is 0.493 e. The lowest BCUT2D eigenvalue weighted by Gasteiger charge is -2.14. The minimum Gasteiger partial charge on any atom is -0.493 e. The number of methoxy groups -OCH3 is 1. The molecular formula is C19H19FN4O2. The summed E-state index contributed by atoms with van der Waals surface area (Å²) in [5, 5.41) is 3.90. The van der Waals surface area contributed by atoms with Gasteiger partial charge in [0, 0.05) is 17.1 Å². The highest BCUT2D eigenvalue weighted by molar-refractivity contribution is 5.93. The van der Waals surface area contributed by atoms with Crippen LogP contribution in [0.5, 0.6) is 11.5 Å². The second-order valence-corrected chi connectivity index (χ2v) is 5.68. The number of nitrogens with two attached hydrogens (primary N) is 1. The molecule has 7 heteroatoms. The zero-order valence-electron chi connectivity index (χ0n) is 14.5. The van der Waals surface area contributed by atoms with Gasteiger partial charge < -0.3 is 20.5 Å². The summed E-state index contributed by atoms with van der Waals surface area (Å²) in [5.41, 5.74) is 7.48. The molecule has 0 amide bonds. The third-order valence-electron chi connectivity index (χ3n) is 3.82. The number of fused-ring (bicyclic) bond motifs is 1. The molecule has 0 fully saturated rings. The number of nitrogens with zero attached hydrogens (tertiary/aromatic N) is 2. The van der Waals surface area contributed by atoms with Gasteiger partial charge in [0.1, 0.15) is 23.7 Å². The van der Waals surface area contributed by atoms with Crippen LogP contribution in [0.4, 0.5) is 15.9 Å². The van der Waals surface area contributed by atoms with Gasteiger partial charge in [-0.15, -0.1) is 0 Å². The smallest absolute Gasteiger partial charge is 0.169 e. The van der Waals surface area contributed by atoms with Gasteiger partial charge in [0.05, 0.1) is 19.2 Å². The van der Waals surface area contributed by atoms with E-state index in [-0.39, 0.29) is 12.4 Å². The van der Waals surface area contributed by atoms with Crippen LogP contribution in [0.3, 0.4) is 0 Å². The average molecular weight is 354 g/mol. The van der Waals surface area contributed by atoms with Crippen molar-refractivity contribution in [1.29, 1.82) is 0 Å². The molecule has 1 aromatic heterocycles. The number of aromatic nitrogens is 2. The van der Waals surface area contributed by atoms with Gasteiger partial charge in [0.25, 0.3) is 0 Å². The van der Waals surface area contributed by atoms with E-state index in [9.17, 15) is 4.39 Å². The summed E-state index contributed by atoms with van der Waals surface area (Å²) in [6.07, 6.45) is 1.44. The zero-order valence-corrected chi connectivity index (χ0v) is 14.5. The summed E-state index contributed by atoms with van der Waals surface area (Å²) >= 11 is 0. The molecule has 2 aromatic carbocycles. The van der Waals surface area contributed by atoms with Gasteiger partial charge in [-0.1, -0.05) is 6.58 Å². The van der Waals surface area contributed by atoms with E-state index >= 15 is 0 Å². The van der Waals surface area contributed by atoms with Crippen molar-refractivity contribution in [2.45, 2.75) is 6.92 Å². The molecule has 6 nitrogen and oxygen atoms in total. The summed E-state index contributed by atoms with van der Waals surface area (Å²) in [4.78, 5) is 8.56. The maximum absolute atomic E-state index is 13.5. The normalized spacial score (nSPS) is 10.6. The number of nitrogens with one attached hydrogen (secondary N) is 1. The molecule has 0 unspecified atom stereocenters. The standard InChI is InChI=1S/C19H19FN4O2/c1-11-6-13(4-5-15(11)20)24-19-14-7-18(26-12(2)9-21)17(25-3)8-16(14)22-10-23-19/h4-8,10H,2,9,21H2,1,3H3,(H,22,23,24). The van der Waals surface area contributed by atoms with E-state index in [1.165, 1.54) is 12.4 Å². The molecule has 0 bridgehead atoms. The van der Waals surface area contributed by atoms with E-state index in [2.05, 4.69) is 21.9 Å². The summed E-state index contributed by atoms with van der Waals surface area (Å²) in [6, 6.07) is 8.27. The van der Waals surface area contributed by atoms with Crippen molar-refractivity contribution in [3.8, 4) is 11.5 Å². The number of benzene rings is 2. The molecular weight excluding hydrogens is 335 g/mol. The number of hydrogen-bond donors (Lipinski definition) is 2. The van der Waals surface area contributed by atoms with Crippen LogP contribution in [0.2, 0.25) is 0 Å². The molecule has 0 atom stereocenters. The molecule has 0 aliphatic rings. The van der Waals surface area contributed by atoms with Crippen molar-refractivity contribution in [2.24, 2.45) is 5.73 Å². The van der Waals surface area contributed by atoms with Gasteiger partial charge in [-0.05, 0) is 36.8 Å². The molecule has 26 heavy (non-hydrogen) atoms. The van der Waals surface area contributed by atoms with Crippen molar-refractivity contribution in [3.63, 3.8) is 0 Å². The molecule has 0 radical (unpaired) electrons. The summed E-state index contributed by atoms with van der Waals surface area (Å²) in [6.45, 7) is 5.64. The van der Waals surface area contributed by atoms with Crippen molar-refractivity contribution < 1.29 is 13.9 Å². The average Bonchev–Trinajstić information content (AvgIpc) is 2.64. The predicted molar refractivity (Wildman–Crippen MR) is 99.3 cm³/mol. The van der Waals surface area contributed by atoms with E-state index in [0.29, 0.717) is 39.8 Å². The lowest BCUT2D eigenvalue weighted by atomic mass is 10.2. The van der Waals surface area contributed by atoms with E-state index in [1.54, 1.807) is 38.3 Å². The molecule has 3 N–H and O–H groups in total. The molecule has 0 aliphatic carbocycles. The van der Waals surface area contributed by atoms with Crippen LogP contribution in [0.1, 0.15) is 5.56 Å². The Morgan fingerprint density at radius 3 is 2.73 bits per heavy atom. The van der Waals surface area contributed by atoms with Crippen molar-refractivity contribution in [2.75, 3.05) is 19.0 Å². The van der Waals surface area contributed by atoms with Gasteiger partial charge in [-0.3, -0.25) is 0 Å². The predicted octanol–water partition coefficient (Wildman–Crippen LogP) is 3.68. The summed E-state index contributed by atoms with van der Waals surface area (Å²) in [7, 11) is 1.54. The van der Waals surface area contributed by atoms with Crippen LogP contribution < -0.4 is 20.5 Å². The SMILES string of the molecule is C=C(CN)Oc1cc2c(Nc3ccc(F)c(C)c3)ncnc2cc1OC. The second kappa shape index (κ2) is 7.37. The number of ether oxygens (including phenoxy) is 2. The lowest BCUT2D eigenvalue weighted by molar-refractivity contribution is 0.360. The Morgan fingerprint density at radius 2 is 2.04 bits per heavy atom. The van der Waals surface area contributed by atoms with E-state index in [0.717, 1.165) is 5.39 Å². The van der Waals surface area contributed by atoms with Crippen LogP contribution in [0.15, 0.2) is 49.0 Å². The first-order valence-electron chi connectivity index (χ1n) is 7.93. The van der Waals surface area contributed by atoms with Crippen LogP contribution in [0.25, 0.3) is 10.9 Å². The first kappa shape index (κ1) is 17.6. The van der Waals surface area contributed by atoms with Crippen LogP contribution in [0, 0.1) is 12.7 Å². The third kappa shape index (κ3) is 3.57. The van der Waals surface area contributed by atoms with Crippen LogP contribution in [-0.4, -0.2) is 23.6 Å². The Hall–Kier alpha value is -3.19. The Balaban J connectivity index is 2.06. The molecule has 0 saturated carbocycles. The Bertz CT molecular complexity index is 975. The highest BCUT2D eigenvalue weighted by atomic mass is 19.1. The molecule has 0 aliphatic heterocycles. The minimum absolute atomic E-state index is 0.187. The summed E-state index contributed by atoms with van der Waals surface area (Å²) < 4.78 is 24.5. The third-order valence-corrected chi connectivity index (χ3v) is 3.82. The highest BCUT2D eigenvalue weighted by Crippen LogP contribution is 2.35. The topological polar surface area (TPSA) is 82.3 Å². The number of halogens is 1. The van der Waals surface area contributed by atoms with Crippen molar-refractivity contribution >= 4 is 22.4 Å². The van der Waals surface area contributed by atoms with Gasteiger partial charge >= 0.3 is 0 Å². The first-order valence-corrected chi connectivity index (χ1v) is 7.93. The minimum atomic E-state index is -0.260. The van der Waals surface area contributed by atoms with E-state index in [4.69, 9.17) is 15.2 Å². The first-order chi connectivity index (χ1) is 12.5. The molecule has 3 aromatic rings. The highest BCUT2D eigenvalue weighted by Gasteiger charge is 2.13. The molecule has 1 heterocycles. The van der Waals surface area contributed by atoms with Gasteiger partial charge in [-0.2, -0.15) is 0 Å². The van der Waals surface area contributed by atoms with Crippen molar-refractivity contribution in [3.05, 3.63) is 60.4 Å². The number of hydrogen-bond acceptors (Lipinski definition) is 6. The fraction of sp³-hybridized carbons (Fsp3) is 0.158. The maximum Gasteiger partial charge on any atom is 0.169 e. The lowest BCUT2D eigenvalue weighted by Crippen LogP contribution is -2.08. The fourth-order valence-electron chi connectivity index (χ4n) is 2.46. The van der Waals surface area contributed by atoms with E-state index < -0.39 is 0 Å². The van der Waals surface area contributed by atoms with Gasteiger partial charge in [0.15, 0.2) is 11.5 Å². The Kier molecular flexibility index (Phi) is 4.99. The monoisotopic (exact) mass is 354 g/mol. The van der Waals surface area contributed by atoms with Gasteiger partial charge in [0.2, 0.25) is 0 Å². The molecule has 0 spiro atoms. The van der Waals surface area contributed by atoms with Crippen LogP contribution in [-0.2, 0) is 0 Å². The number of anilines is 2. The second-order valence-electron chi connectivity index (χ2n) is 5.68. The zero-order chi connectivity index (χ0) is 18.7. The molecule has 134 valence electrons. The fourth-order valence-corrected chi connectivity index (χ4v) is 2.46. The number of aryl methyl sites for hydroxylation is 1. The molecule has 3 rings (SSSR count). The van der Waals surface area contributed by atoms with Gasteiger partial charge in [-0.25, -0.2) is 14.4 Å². The van der Waals surface area contributed by atoms with Crippen molar-refractivity contribution in [1.82, 2.24) is 9.97 Å². The van der Waals surface area contributed by atoms with Crippen LogP contribution >= 0.6 is 0 Å². The quantitative estimate of drug-likeness (QED) is 0.657. The summed E-state index contributed by atoms with van der Waals surface area (Å²) in [5.74, 6) is 1.68. The number of rotatable bonds is 6. The van der Waals surface area contributed by atoms with E-state index in [1.807, 2.05) is 0 Å². The maximum atomic E-state index is 13.5. The Morgan fingerprint density at radius 1 is 1.23 bits per heavy atom. The molecule has 0 saturated heterocycles.